The van der Waals surface area contributed by atoms with Gasteiger partial charge in [0.1, 0.15) is 0 Å². The molecule has 0 unspecified atom stereocenters. The van der Waals surface area contributed by atoms with E-state index in [0.717, 1.165) is 23.5 Å². The summed E-state index contributed by atoms with van der Waals surface area (Å²) in [5.41, 5.74) is 8.79. The summed E-state index contributed by atoms with van der Waals surface area (Å²) in [4.78, 5) is 8.46. The number of rotatable bonds is 5. The number of anilines is 1. The Morgan fingerprint density at radius 2 is 1.80 bits per heavy atom. The molecule has 0 fully saturated rings. The molecule has 2 heterocycles. The summed E-state index contributed by atoms with van der Waals surface area (Å²) in [7, 11) is 0. The minimum absolute atomic E-state index is 0.612. The average Bonchev–Trinajstić information content (AvgIpc) is 2.83. The number of nitrogen functional groups attached to an aromatic ring is 1. The highest BCUT2D eigenvalue weighted by Gasteiger charge is 2.20. The Hall–Kier alpha value is -1.84. The van der Waals surface area contributed by atoms with Crippen molar-refractivity contribution in [3.05, 3.63) is 31.0 Å². The zero-order chi connectivity index (χ0) is 14.7. The summed E-state index contributed by atoms with van der Waals surface area (Å²) >= 11 is 0. The molecule has 0 aliphatic carbocycles. The third kappa shape index (κ3) is 3.00. The molecule has 4 nitrogen and oxygen atoms in total. The van der Waals surface area contributed by atoms with E-state index >= 15 is 0 Å². The molecule has 2 N–H and O–H groups in total. The van der Waals surface area contributed by atoms with Crippen LogP contribution in [0.1, 0.15) is 27.7 Å². The zero-order valence-corrected chi connectivity index (χ0v) is 12.7. The molecule has 0 spiro atoms. The Balaban J connectivity index is 2.32. The van der Waals surface area contributed by atoms with Crippen LogP contribution in [0.5, 0.6) is 0 Å². The van der Waals surface area contributed by atoms with Crippen LogP contribution in [0, 0.1) is 17.8 Å². The molecule has 0 atom stereocenters. The van der Waals surface area contributed by atoms with Crippen LogP contribution in [0.25, 0.3) is 11.3 Å². The van der Waals surface area contributed by atoms with E-state index in [4.69, 9.17) is 5.73 Å². The van der Waals surface area contributed by atoms with Gasteiger partial charge in [0.15, 0.2) is 0 Å². The van der Waals surface area contributed by atoms with Crippen LogP contribution in [0.3, 0.4) is 0 Å². The minimum atomic E-state index is 0.612. The minimum Gasteiger partial charge on any atom is -0.398 e. The van der Waals surface area contributed by atoms with Crippen molar-refractivity contribution in [3.63, 3.8) is 0 Å². The van der Waals surface area contributed by atoms with Crippen LogP contribution < -0.4 is 5.73 Å². The van der Waals surface area contributed by atoms with Gasteiger partial charge in [-0.05, 0) is 23.8 Å². The maximum Gasteiger partial charge on any atom is 0.0951 e. The van der Waals surface area contributed by atoms with Gasteiger partial charge in [-0.3, -0.25) is 4.98 Å². The van der Waals surface area contributed by atoms with Gasteiger partial charge < -0.3 is 10.3 Å². The van der Waals surface area contributed by atoms with Gasteiger partial charge in [-0.1, -0.05) is 27.7 Å². The fourth-order valence-corrected chi connectivity index (χ4v) is 2.73. The number of imidazole rings is 1. The molecule has 0 aliphatic rings. The van der Waals surface area contributed by atoms with Crippen molar-refractivity contribution in [2.75, 3.05) is 5.73 Å². The summed E-state index contributed by atoms with van der Waals surface area (Å²) in [5.74, 6) is 1.88. The first-order chi connectivity index (χ1) is 9.50. The van der Waals surface area contributed by atoms with Crippen molar-refractivity contribution in [2.24, 2.45) is 17.8 Å². The normalized spacial score (nSPS) is 11.8. The number of nitrogens with zero attached hydrogens (tertiary/aromatic N) is 3. The van der Waals surface area contributed by atoms with Gasteiger partial charge in [0.2, 0.25) is 0 Å². The number of hydrogen-bond donors (Lipinski definition) is 1. The molecule has 0 aliphatic heterocycles. The van der Waals surface area contributed by atoms with Gasteiger partial charge in [-0.15, -0.1) is 0 Å². The zero-order valence-electron chi connectivity index (χ0n) is 12.7. The van der Waals surface area contributed by atoms with E-state index < -0.39 is 0 Å². The van der Waals surface area contributed by atoms with Crippen molar-refractivity contribution in [1.29, 1.82) is 0 Å². The topological polar surface area (TPSA) is 56.7 Å². The first-order valence-corrected chi connectivity index (χ1v) is 7.20. The third-order valence-corrected chi connectivity index (χ3v) is 3.96. The lowest BCUT2D eigenvalue weighted by molar-refractivity contribution is 0.252. The van der Waals surface area contributed by atoms with E-state index in [9.17, 15) is 0 Å². The average molecular weight is 272 g/mol. The van der Waals surface area contributed by atoms with E-state index in [-0.39, 0.29) is 0 Å². The fraction of sp³-hybridized carbons (Fsp3) is 0.500. The van der Waals surface area contributed by atoms with Gasteiger partial charge in [0.25, 0.3) is 0 Å². The molecule has 0 saturated carbocycles. The van der Waals surface area contributed by atoms with Gasteiger partial charge >= 0.3 is 0 Å². The highest BCUT2D eigenvalue weighted by molar-refractivity contribution is 5.72. The largest absolute Gasteiger partial charge is 0.398 e. The second kappa shape index (κ2) is 6.07. The smallest absolute Gasteiger partial charge is 0.0951 e. The molecule has 2 aromatic heterocycles. The molecule has 0 saturated heterocycles. The molecule has 20 heavy (non-hydrogen) atoms. The van der Waals surface area contributed by atoms with Gasteiger partial charge in [-0.2, -0.15) is 0 Å². The van der Waals surface area contributed by atoms with Crippen LogP contribution in [0.15, 0.2) is 31.0 Å². The summed E-state index contributed by atoms with van der Waals surface area (Å²) in [6.07, 6.45) is 7.28. The maximum absolute atomic E-state index is 6.05. The molecule has 0 bridgehead atoms. The van der Waals surface area contributed by atoms with Crippen LogP contribution in [0.4, 0.5) is 5.69 Å². The highest BCUT2D eigenvalue weighted by atomic mass is 15.0. The highest BCUT2D eigenvalue weighted by Crippen LogP contribution is 2.28. The Morgan fingerprint density at radius 1 is 1.10 bits per heavy atom. The van der Waals surface area contributed by atoms with Crippen LogP contribution in [0.2, 0.25) is 0 Å². The van der Waals surface area contributed by atoms with Crippen molar-refractivity contribution in [2.45, 2.75) is 34.2 Å². The summed E-state index contributed by atoms with van der Waals surface area (Å²) < 4.78 is 2.19. The number of hydrogen-bond acceptors (Lipinski definition) is 3. The van der Waals surface area contributed by atoms with Gasteiger partial charge in [-0.25, -0.2) is 4.98 Å². The summed E-state index contributed by atoms with van der Waals surface area (Å²) in [6.45, 7) is 10.1. The van der Waals surface area contributed by atoms with E-state index in [1.54, 1.807) is 6.20 Å². The van der Waals surface area contributed by atoms with Gasteiger partial charge in [0, 0.05) is 30.2 Å². The first-order valence-electron chi connectivity index (χ1n) is 7.20. The van der Waals surface area contributed by atoms with E-state index in [1.807, 2.05) is 24.8 Å². The van der Waals surface area contributed by atoms with Crippen molar-refractivity contribution >= 4 is 5.69 Å². The second-order valence-corrected chi connectivity index (χ2v) is 6.05. The molecule has 0 radical (unpaired) electrons. The van der Waals surface area contributed by atoms with Crippen molar-refractivity contribution in [1.82, 2.24) is 14.5 Å². The van der Waals surface area contributed by atoms with Crippen LogP contribution in [-0.2, 0) is 6.54 Å². The summed E-state index contributed by atoms with van der Waals surface area (Å²) in [6, 6.07) is 1.83. The predicted molar refractivity (Wildman–Crippen MR) is 83.0 cm³/mol. The summed E-state index contributed by atoms with van der Waals surface area (Å²) in [5, 5.41) is 0. The lowest BCUT2D eigenvalue weighted by atomic mass is 9.85. The first kappa shape index (κ1) is 14.6. The quantitative estimate of drug-likeness (QED) is 0.907. The Kier molecular flexibility index (Phi) is 4.42. The molecule has 2 rings (SSSR count). The predicted octanol–water partition coefficient (Wildman–Crippen LogP) is 3.46. The van der Waals surface area contributed by atoms with E-state index in [2.05, 4.69) is 42.2 Å². The monoisotopic (exact) mass is 272 g/mol. The molecule has 0 amide bonds. The Labute approximate surface area is 121 Å². The van der Waals surface area contributed by atoms with E-state index in [0.29, 0.717) is 17.8 Å². The lowest BCUT2D eigenvalue weighted by Gasteiger charge is -2.26. The van der Waals surface area contributed by atoms with Crippen molar-refractivity contribution < 1.29 is 0 Å². The second-order valence-electron chi connectivity index (χ2n) is 6.05. The van der Waals surface area contributed by atoms with Crippen molar-refractivity contribution in [3.8, 4) is 11.3 Å². The SMILES string of the molecule is CC(C)C(Cn1cncc1-c1cnccc1N)C(C)C. The van der Waals surface area contributed by atoms with Gasteiger partial charge in [0.05, 0.1) is 18.2 Å². The molecular formula is C16H24N4. The Morgan fingerprint density at radius 3 is 2.40 bits per heavy atom. The lowest BCUT2D eigenvalue weighted by Crippen LogP contribution is -2.22. The standard InChI is InChI=1S/C16H24N4/c1-11(2)14(12(3)4)9-20-10-19-8-16(20)13-7-18-6-5-15(13)17/h5-8,10-12,14H,9H2,1-4H3,(H2,17,18). The molecule has 4 heteroatoms. The van der Waals surface area contributed by atoms with Crippen LogP contribution >= 0.6 is 0 Å². The van der Waals surface area contributed by atoms with E-state index in [1.165, 1.54) is 0 Å². The Bertz CT molecular complexity index is 549. The van der Waals surface area contributed by atoms with Crippen LogP contribution in [-0.4, -0.2) is 14.5 Å². The number of nitrogens with two attached hydrogens (primary N) is 1. The third-order valence-electron chi connectivity index (χ3n) is 3.96. The maximum atomic E-state index is 6.05. The number of pyridine rings is 1. The molecule has 108 valence electrons. The molecule has 2 aromatic rings. The number of aromatic nitrogens is 3. The fourth-order valence-electron chi connectivity index (χ4n) is 2.73. The molecular weight excluding hydrogens is 248 g/mol. The molecule has 0 aromatic carbocycles.